The summed E-state index contributed by atoms with van der Waals surface area (Å²) in [6.07, 6.45) is 0. The number of rotatable bonds is 3. The quantitative estimate of drug-likeness (QED) is 0.812. The van der Waals surface area contributed by atoms with E-state index in [4.69, 9.17) is 4.74 Å². The first-order valence-corrected chi connectivity index (χ1v) is 6.35. The number of methoxy groups -OCH3 is 1. The Labute approximate surface area is 114 Å². The highest BCUT2D eigenvalue weighted by atomic mass is 16.5. The molecule has 0 aliphatic carbocycles. The average molecular weight is 251 g/mol. The van der Waals surface area contributed by atoms with Crippen LogP contribution < -0.4 is 4.74 Å². The van der Waals surface area contributed by atoms with E-state index in [-0.39, 0.29) is 5.92 Å². The van der Waals surface area contributed by atoms with Crippen molar-refractivity contribution in [2.45, 2.75) is 19.8 Å². The minimum Gasteiger partial charge on any atom is -0.496 e. The van der Waals surface area contributed by atoms with Crippen molar-refractivity contribution >= 4 is 0 Å². The Morgan fingerprint density at radius 1 is 1.00 bits per heavy atom. The minimum atomic E-state index is 0.288. The predicted octanol–water partition coefficient (Wildman–Crippen LogP) is 4.36. The molecule has 0 saturated carbocycles. The smallest absolute Gasteiger partial charge is 0.126 e. The highest BCUT2D eigenvalue weighted by Gasteiger charge is 2.15. The van der Waals surface area contributed by atoms with E-state index >= 15 is 0 Å². The molecule has 0 heterocycles. The summed E-state index contributed by atoms with van der Waals surface area (Å²) in [7, 11) is 1.67. The van der Waals surface area contributed by atoms with Gasteiger partial charge in [-0.05, 0) is 29.2 Å². The van der Waals surface area contributed by atoms with E-state index in [9.17, 15) is 5.26 Å². The summed E-state index contributed by atoms with van der Waals surface area (Å²) in [5, 5.41) is 9.28. The van der Waals surface area contributed by atoms with Crippen molar-refractivity contribution in [2.75, 3.05) is 7.11 Å². The zero-order chi connectivity index (χ0) is 13.8. The van der Waals surface area contributed by atoms with Crippen LogP contribution >= 0.6 is 0 Å². The van der Waals surface area contributed by atoms with Gasteiger partial charge in [0.2, 0.25) is 0 Å². The van der Waals surface area contributed by atoms with Gasteiger partial charge in [0.25, 0.3) is 0 Å². The Bertz CT molecular complexity index is 623. The molecule has 2 nitrogen and oxygen atoms in total. The second kappa shape index (κ2) is 5.58. The van der Waals surface area contributed by atoms with Crippen LogP contribution in [-0.4, -0.2) is 7.11 Å². The summed E-state index contributed by atoms with van der Waals surface area (Å²) in [5.74, 6) is 1.12. The van der Waals surface area contributed by atoms with Crippen LogP contribution in [0.4, 0.5) is 0 Å². The standard InChI is InChI=1S/C17H17NO/c1-12(2)17-13(11-18)7-6-9-15(17)14-8-4-5-10-16(14)19-3/h4-10,12H,1-3H3. The lowest BCUT2D eigenvalue weighted by atomic mass is 9.88. The minimum absolute atomic E-state index is 0.288. The highest BCUT2D eigenvalue weighted by molar-refractivity contribution is 5.75. The normalized spacial score (nSPS) is 10.3. The molecule has 0 spiro atoms. The van der Waals surface area contributed by atoms with Crippen LogP contribution in [0.5, 0.6) is 5.75 Å². The van der Waals surface area contributed by atoms with Crippen molar-refractivity contribution in [3.63, 3.8) is 0 Å². The van der Waals surface area contributed by atoms with E-state index in [1.54, 1.807) is 7.11 Å². The molecule has 0 saturated heterocycles. The van der Waals surface area contributed by atoms with Crippen LogP contribution in [0.25, 0.3) is 11.1 Å². The summed E-state index contributed by atoms with van der Waals surface area (Å²) < 4.78 is 5.43. The Balaban J connectivity index is 2.72. The molecular weight excluding hydrogens is 234 g/mol. The summed E-state index contributed by atoms with van der Waals surface area (Å²) in [6.45, 7) is 4.21. The highest BCUT2D eigenvalue weighted by Crippen LogP contribution is 2.36. The molecule has 0 fully saturated rings. The molecule has 0 unspecified atom stereocenters. The van der Waals surface area contributed by atoms with Crippen LogP contribution in [0.15, 0.2) is 42.5 Å². The number of hydrogen-bond acceptors (Lipinski definition) is 2. The second-order valence-corrected chi connectivity index (χ2v) is 4.73. The molecular formula is C17H17NO. The summed E-state index contributed by atoms with van der Waals surface area (Å²) in [5.41, 5.74) is 3.92. The van der Waals surface area contributed by atoms with Gasteiger partial charge in [-0.25, -0.2) is 0 Å². The third-order valence-electron chi connectivity index (χ3n) is 3.20. The van der Waals surface area contributed by atoms with Gasteiger partial charge in [0, 0.05) is 5.56 Å². The molecule has 0 amide bonds. The van der Waals surface area contributed by atoms with Crippen molar-refractivity contribution in [1.82, 2.24) is 0 Å². The number of hydrogen-bond donors (Lipinski definition) is 0. The fraction of sp³-hybridized carbons (Fsp3) is 0.235. The molecule has 2 heteroatoms. The maximum absolute atomic E-state index is 9.28. The van der Waals surface area contributed by atoms with Crippen molar-refractivity contribution in [3.05, 3.63) is 53.6 Å². The molecule has 96 valence electrons. The lowest BCUT2D eigenvalue weighted by Gasteiger charge is -2.16. The molecule has 2 aromatic carbocycles. The largest absolute Gasteiger partial charge is 0.496 e. The molecule has 0 aliphatic heterocycles. The first-order chi connectivity index (χ1) is 9.19. The molecule has 19 heavy (non-hydrogen) atoms. The third kappa shape index (κ3) is 2.46. The van der Waals surface area contributed by atoms with Crippen LogP contribution in [0.3, 0.4) is 0 Å². The molecule has 0 aromatic heterocycles. The molecule has 0 radical (unpaired) electrons. The Morgan fingerprint density at radius 2 is 1.68 bits per heavy atom. The van der Waals surface area contributed by atoms with Gasteiger partial charge in [-0.2, -0.15) is 5.26 Å². The van der Waals surface area contributed by atoms with Crippen molar-refractivity contribution in [3.8, 4) is 22.9 Å². The molecule has 2 rings (SSSR count). The monoisotopic (exact) mass is 251 g/mol. The summed E-state index contributed by atoms with van der Waals surface area (Å²) in [4.78, 5) is 0. The van der Waals surface area contributed by atoms with E-state index in [1.165, 1.54) is 0 Å². The zero-order valence-electron chi connectivity index (χ0n) is 11.5. The number of nitriles is 1. The first-order valence-electron chi connectivity index (χ1n) is 6.35. The SMILES string of the molecule is COc1ccccc1-c1cccc(C#N)c1C(C)C. The van der Waals surface area contributed by atoms with Crippen molar-refractivity contribution in [1.29, 1.82) is 5.26 Å². The van der Waals surface area contributed by atoms with Gasteiger partial charge in [-0.3, -0.25) is 0 Å². The van der Waals surface area contributed by atoms with Gasteiger partial charge >= 0.3 is 0 Å². The van der Waals surface area contributed by atoms with Crippen LogP contribution in [-0.2, 0) is 0 Å². The summed E-state index contributed by atoms with van der Waals surface area (Å²) >= 11 is 0. The molecule has 0 N–H and O–H groups in total. The predicted molar refractivity (Wildman–Crippen MR) is 77.2 cm³/mol. The van der Waals surface area contributed by atoms with Gasteiger partial charge in [-0.1, -0.05) is 44.2 Å². The van der Waals surface area contributed by atoms with Gasteiger partial charge in [-0.15, -0.1) is 0 Å². The van der Waals surface area contributed by atoms with Gasteiger partial charge < -0.3 is 4.74 Å². The molecule has 0 bridgehead atoms. The maximum atomic E-state index is 9.28. The number of benzene rings is 2. The van der Waals surface area contributed by atoms with E-state index in [1.807, 2.05) is 42.5 Å². The van der Waals surface area contributed by atoms with Crippen molar-refractivity contribution in [2.24, 2.45) is 0 Å². The Kier molecular flexibility index (Phi) is 3.87. The second-order valence-electron chi connectivity index (χ2n) is 4.73. The van der Waals surface area contributed by atoms with Gasteiger partial charge in [0.05, 0.1) is 18.7 Å². The van der Waals surface area contributed by atoms with E-state index in [2.05, 4.69) is 19.9 Å². The number of para-hydroxylation sites is 1. The zero-order valence-corrected chi connectivity index (χ0v) is 11.5. The van der Waals surface area contributed by atoms with E-state index < -0.39 is 0 Å². The number of nitrogens with zero attached hydrogens (tertiary/aromatic N) is 1. The van der Waals surface area contributed by atoms with Crippen LogP contribution in [0.1, 0.15) is 30.9 Å². The molecule has 0 atom stereocenters. The Hall–Kier alpha value is -2.27. The fourth-order valence-electron chi connectivity index (χ4n) is 2.39. The van der Waals surface area contributed by atoms with Gasteiger partial charge in [0.15, 0.2) is 0 Å². The van der Waals surface area contributed by atoms with Crippen LogP contribution in [0.2, 0.25) is 0 Å². The Morgan fingerprint density at radius 3 is 2.32 bits per heavy atom. The lowest BCUT2D eigenvalue weighted by molar-refractivity contribution is 0.416. The molecule has 0 aliphatic rings. The number of ether oxygens (including phenoxy) is 1. The first kappa shape index (κ1) is 13.2. The van der Waals surface area contributed by atoms with E-state index in [0.717, 1.165) is 28.0 Å². The summed E-state index contributed by atoms with van der Waals surface area (Å²) in [6, 6.07) is 16.0. The average Bonchev–Trinajstić information content (AvgIpc) is 2.46. The van der Waals surface area contributed by atoms with Gasteiger partial charge in [0.1, 0.15) is 5.75 Å². The maximum Gasteiger partial charge on any atom is 0.126 e. The topological polar surface area (TPSA) is 33.0 Å². The third-order valence-corrected chi connectivity index (χ3v) is 3.20. The van der Waals surface area contributed by atoms with Crippen LogP contribution in [0, 0.1) is 11.3 Å². The van der Waals surface area contributed by atoms with E-state index in [0.29, 0.717) is 0 Å². The lowest BCUT2D eigenvalue weighted by Crippen LogP contribution is -1.98. The van der Waals surface area contributed by atoms with Crippen molar-refractivity contribution < 1.29 is 4.74 Å². The molecule has 2 aromatic rings. The fourth-order valence-corrected chi connectivity index (χ4v) is 2.39.